The Kier molecular flexibility index (Phi) is 6.35. The topological polar surface area (TPSA) is 41.6 Å². The van der Waals surface area contributed by atoms with Gasteiger partial charge in [0.15, 0.2) is 0 Å². The summed E-state index contributed by atoms with van der Waals surface area (Å²) < 4.78 is 5.29. The Labute approximate surface area is 141 Å². The highest BCUT2D eigenvalue weighted by Gasteiger charge is 2.10. The van der Waals surface area contributed by atoms with Crippen LogP contribution in [0.15, 0.2) is 53.4 Å². The number of nitrogens with one attached hydrogen (secondary N) is 1. The number of amides is 2. The molecule has 122 valence electrons. The lowest BCUT2D eigenvalue weighted by Crippen LogP contribution is -2.36. The molecule has 5 heteroatoms. The van der Waals surface area contributed by atoms with Crippen molar-refractivity contribution in [3.05, 3.63) is 59.7 Å². The predicted molar refractivity (Wildman–Crippen MR) is 94.9 cm³/mol. The van der Waals surface area contributed by atoms with Gasteiger partial charge in [-0.2, -0.15) is 0 Å². The third-order valence-corrected chi connectivity index (χ3v) is 4.29. The van der Waals surface area contributed by atoms with Crippen molar-refractivity contribution in [2.24, 2.45) is 0 Å². The molecular weight excluding hydrogens is 308 g/mol. The van der Waals surface area contributed by atoms with Crippen LogP contribution in [0.25, 0.3) is 0 Å². The first kappa shape index (κ1) is 17.2. The average Bonchev–Trinajstić information content (AvgIpc) is 2.60. The maximum atomic E-state index is 12.2. The minimum Gasteiger partial charge on any atom is -0.496 e. The van der Waals surface area contributed by atoms with Crippen molar-refractivity contribution < 1.29 is 9.53 Å². The van der Waals surface area contributed by atoms with E-state index in [2.05, 4.69) is 29.6 Å². The van der Waals surface area contributed by atoms with Crippen molar-refractivity contribution >= 4 is 17.8 Å². The zero-order valence-electron chi connectivity index (χ0n) is 13.7. The number of benzene rings is 2. The number of nitrogens with zero attached hydrogens (tertiary/aromatic N) is 1. The number of carbonyl (C=O) groups is 1. The molecule has 0 saturated heterocycles. The molecule has 0 saturated carbocycles. The van der Waals surface area contributed by atoms with E-state index in [0.29, 0.717) is 13.1 Å². The summed E-state index contributed by atoms with van der Waals surface area (Å²) in [6, 6.07) is 15.8. The number of para-hydroxylation sites is 1. The summed E-state index contributed by atoms with van der Waals surface area (Å²) in [5.41, 5.74) is 2.07. The summed E-state index contributed by atoms with van der Waals surface area (Å²) in [4.78, 5) is 15.1. The molecule has 0 aliphatic carbocycles. The molecule has 2 amide bonds. The molecular formula is C18H22N2O2S. The second-order valence-corrected chi connectivity index (χ2v) is 6.05. The summed E-state index contributed by atoms with van der Waals surface area (Å²) in [6.45, 7) is 1.02. The number of rotatable bonds is 6. The lowest BCUT2D eigenvalue weighted by molar-refractivity contribution is 0.206. The molecule has 0 heterocycles. The molecule has 1 N–H and O–H groups in total. The van der Waals surface area contributed by atoms with Crippen molar-refractivity contribution in [2.75, 3.05) is 20.4 Å². The average molecular weight is 330 g/mol. The minimum atomic E-state index is -0.107. The van der Waals surface area contributed by atoms with Crippen molar-refractivity contribution in [3.63, 3.8) is 0 Å². The van der Waals surface area contributed by atoms with Crippen molar-refractivity contribution in [3.8, 4) is 5.75 Å². The van der Waals surface area contributed by atoms with E-state index < -0.39 is 0 Å². The molecule has 2 aromatic carbocycles. The Morgan fingerprint density at radius 1 is 1.17 bits per heavy atom. The monoisotopic (exact) mass is 330 g/mol. The van der Waals surface area contributed by atoms with Gasteiger partial charge in [-0.25, -0.2) is 4.79 Å². The first-order valence-corrected chi connectivity index (χ1v) is 8.60. The van der Waals surface area contributed by atoms with Crippen LogP contribution in [-0.2, 0) is 13.1 Å². The van der Waals surface area contributed by atoms with Gasteiger partial charge in [0, 0.05) is 30.6 Å². The van der Waals surface area contributed by atoms with E-state index in [1.807, 2.05) is 30.5 Å². The van der Waals surface area contributed by atoms with E-state index in [1.54, 1.807) is 30.8 Å². The molecule has 0 radical (unpaired) electrons. The third kappa shape index (κ3) is 4.93. The van der Waals surface area contributed by atoms with E-state index in [0.717, 1.165) is 16.9 Å². The molecule has 0 spiro atoms. The molecule has 0 aliphatic rings. The van der Waals surface area contributed by atoms with Crippen LogP contribution in [0.3, 0.4) is 0 Å². The van der Waals surface area contributed by atoms with Gasteiger partial charge in [-0.3, -0.25) is 0 Å². The van der Waals surface area contributed by atoms with E-state index >= 15 is 0 Å². The summed E-state index contributed by atoms with van der Waals surface area (Å²) in [6.07, 6.45) is 2.05. The number of carbonyl (C=O) groups excluding carboxylic acids is 1. The van der Waals surface area contributed by atoms with Crippen LogP contribution in [0.5, 0.6) is 5.75 Å². The first-order valence-electron chi connectivity index (χ1n) is 7.38. The van der Waals surface area contributed by atoms with E-state index in [1.165, 1.54) is 4.90 Å². The number of methoxy groups -OCH3 is 1. The van der Waals surface area contributed by atoms with Crippen LogP contribution in [0.4, 0.5) is 4.79 Å². The number of urea groups is 1. The van der Waals surface area contributed by atoms with Gasteiger partial charge in [0.25, 0.3) is 0 Å². The summed E-state index contributed by atoms with van der Waals surface area (Å²) in [7, 11) is 3.42. The normalized spacial score (nSPS) is 10.2. The van der Waals surface area contributed by atoms with Crippen LogP contribution in [-0.4, -0.2) is 31.3 Å². The van der Waals surface area contributed by atoms with Crippen molar-refractivity contribution in [2.45, 2.75) is 18.0 Å². The lowest BCUT2D eigenvalue weighted by Gasteiger charge is -2.19. The fraction of sp³-hybridized carbons (Fsp3) is 0.278. The van der Waals surface area contributed by atoms with Crippen molar-refractivity contribution in [1.29, 1.82) is 0 Å². The highest BCUT2D eigenvalue weighted by molar-refractivity contribution is 7.98. The smallest absolute Gasteiger partial charge is 0.317 e. The SMILES string of the molecule is COc1ccccc1CNC(=O)N(C)Cc1ccc(SC)cc1. The summed E-state index contributed by atoms with van der Waals surface area (Å²) in [5.74, 6) is 0.781. The fourth-order valence-electron chi connectivity index (χ4n) is 2.23. The molecule has 0 bridgehead atoms. The van der Waals surface area contributed by atoms with Gasteiger partial charge in [0.1, 0.15) is 5.75 Å². The Morgan fingerprint density at radius 3 is 2.52 bits per heavy atom. The van der Waals surface area contributed by atoms with Gasteiger partial charge >= 0.3 is 6.03 Å². The number of thioether (sulfide) groups is 1. The zero-order valence-corrected chi connectivity index (χ0v) is 14.5. The Bertz CT molecular complexity index is 644. The van der Waals surface area contributed by atoms with Crippen LogP contribution in [0.2, 0.25) is 0 Å². The molecule has 0 fully saturated rings. The maximum Gasteiger partial charge on any atom is 0.317 e. The van der Waals surface area contributed by atoms with E-state index in [-0.39, 0.29) is 6.03 Å². The number of ether oxygens (including phenoxy) is 1. The highest BCUT2D eigenvalue weighted by Crippen LogP contribution is 2.17. The van der Waals surface area contributed by atoms with E-state index in [4.69, 9.17) is 4.74 Å². The second-order valence-electron chi connectivity index (χ2n) is 5.17. The highest BCUT2D eigenvalue weighted by atomic mass is 32.2. The molecule has 0 aliphatic heterocycles. The third-order valence-electron chi connectivity index (χ3n) is 3.55. The molecule has 4 nitrogen and oxygen atoms in total. The molecule has 23 heavy (non-hydrogen) atoms. The van der Waals surface area contributed by atoms with Gasteiger partial charge in [-0.1, -0.05) is 30.3 Å². The molecule has 0 aromatic heterocycles. The number of hydrogen-bond donors (Lipinski definition) is 1. The first-order chi connectivity index (χ1) is 11.1. The van der Waals surface area contributed by atoms with Crippen LogP contribution < -0.4 is 10.1 Å². The quantitative estimate of drug-likeness (QED) is 0.820. The van der Waals surface area contributed by atoms with Gasteiger partial charge in [-0.05, 0) is 30.0 Å². The summed E-state index contributed by atoms with van der Waals surface area (Å²) >= 11 is 1.71. The van der Waals surface area contributed by atoms with Gasteiger partial charge in [0.05, 0.1) is 7.11 Å². The predicted octanol–water partition coefficient (Wildman–Crippen LogP) is 3.76. The molecule has 0 unspecified atom stereocenters. The van der Waals surface area contributed by atoms with Crippen LogP contribution >= 0.6 is 11.8 Å². The van der Waals surface area contributed by atoms with Crippen molar-refractivity contribution in [1.82, 2.24) is 10.2 Å². The molecule has 2 aromatic rings. The Balaban J connectivity index is 1.89. The standard InChI is InChI=1S/C18H22N2O2S/c1-20(13-14-8-10-16(23-3)11-9-14)18(21)19-12-15-6-4-5-7-17(15)22-2/h4-11H,12-13H2,1-3H3,(H,19,21). The Morgan fingerprint density at radius 2 is 1.87 bits per heavy atom. The van der Waals surface area contributed by atoms with Gasteiger partial charge < -0.3 is 15.0 Å². The lowest BCUT2D eigenvalue weighted by atomic mass is 10.2. The molecule has 2 rings (SSSR count). The largest absolute Gasteiger partial charge is 0.496 e. The Hall–Kier alpha value is -2.14. The van der Waals surface area contributed by atoms with Gasteiger partial charge in [-0.15, -0.1) is 11.8 Å². The van der Waals surface area contributed by atoms with E-state index in [9.17, 15) is 4.79 Å². The zero-order chi connectivity index (χ0) is 16.7. The van der Waals surface area contributed by atoms with Gasteiger partial charge in [0.2, 0.25) is 0 Å². The van der Waals surface area contributed by atoms with Crippen LogP contribution in [0, 0.1) is 0 Å². The second kappa shape index (κ2) is 8.48. The maximum absolute atomic E-state index is 12.2. The molecule has 0 atom stereocenters. The summed E-state index contributed by atoms with van der Waals surface area (Å²) in [5, 5.41) is 2.92. The minimum absolute atomic E-state index is 0.107. The number of hydrogen-bond acceptors (Lipinski definition) is 3. The van der Waals surface area contributed by atoms with Crippen LogP contribution in [0.1, 0.15) is 11.1 Å². The fourth-order valence-corrected chi connectivity index (χ4v) is 2.64.